The fourth-order valence-electron chi connectivity index (χ4n) is 2.36. The summed E-state index contributed by atoms with van der Waals surface area (Å²) in [6, 6.07) is 12.2. The van der Waals surface area contributed by atoms with E-state index in [2.05, 4.69) is 41.5 Å². The van der Waals surface area contributed by atoms with E-state index in [9.17, 15) is 10.1 Å². The van der Waals surface area contributed by atoms with Crippen LogP contribution in [0.3, 0.4) is 0 Å². The van der Waals surface area contributed by atoms with Gasteiger partial charge in [0.1, 0.15) is 5.75 Å². The van der Waals surface area contributed by atoms with E-state index >= 15 is 0 Å². The number of aryl methyl sites for hydroxylation is 2. The Bertz CT molecular complexity index is 927. The standard InChI is InChI=1S/C18H19N5O3S/c1-13-4-5-16(12-14(13)2)22-18(19-20-21-22)27-11-3-10-26-17-8-6-15(7-9-17)23(24)25/h4-9,12H,3,10-11H2,1-2H3. The van der Waals surface area contributed by atoms with Gasteiger partial charge in [0, 0.05) is 17.9 Å². The zero-order valence-corrected chi connectivity index (χ0v) is 15.8. The Morgan fingerprint density at radius 1 is 1.15 bits per heavy atom. The molecule has 0 aliphatic rings. The predicted octanol–water partition coefficient (Wildman–Crippen LogP) is 3.75. The molecule has 140 valence electrons. The minimum atomic E-state index is -0.430. The fraction of sp³-hybridized carbons (Fsp3) is 0.278. The zero-order chi connectivity index (χ0) is 19.2. The topological polar surface area (TPSA) is 96.0 Å². The van der Waals surface area contributed by atoms with Gasteiger partial charge in [0.15, 0.2) is 0 Å². The van der Waals surface area contributed by atoms with Gasteiger partial charge in [-0.25, -0.2) is 0 Å². The van der Waals surface area contributed by atoms with Gasteiger partial charge in [-0.3, -0.25) is 10.1 Å². The van der Waals surface area contributed by atoms with E-state index in [0.29, 0.717) is 12.4 Å². The lowest BCUT2D eigenvalue weighted by Gasteiger charge is -2.07. The molecule has 0 atom stereocenters. The van der Waals surface area contributed by atoms with Crippen LogP contribution in [0.2, 0.25) is 0 Å². The Hall–Kier alpha value is -2.94. The Kier molecular flexibility index (Phi) is 6.02. The normalized spacial score (nSPS) is 10.7. The van der Waals surface area contributed by atoms with Gasteiger partial charge in [-0.05, 0) is 66.1 Å². The minimum absolute atomic E-state index is 0.0519. The van der Waals surface area contributed by atoms with E-state index < -0.39 is 4.92 Å². The summed E-state index contributed by atoms with van der Waals surface area (Å²) in [5, 5.41) is 23.3. The first kappa shape index (κ1) is 18.8. The first-order chi connectivity index (χ1) is 13.0. The maximum atomic E-state index is 10.6. The van der Waals surface area contributed by atoms with Gasteiger partial charge in [-0.2, -0.15) is 4.68 Å². The van der Waals surface area contributed by atoms with Gasteiger partial charge in [0.05, 0.1) is 17.2 Å². The van der Waals surface area contributed by atoms with Crippen LogP contribution in [0.15, 0.2) is 47.6 Å². The van der Waals surface area contributed by atoms with E-state index in [4.69, 9.17) is 4.74 Å². The number of rotatable bonds is 8. The Morgan fingerprint density at radius 2 is 1.93 bits per heavy atom. The maximum absolute atomic E-state index is 10.6. The van der Waals surface area contributed by atoms with Crippen molar-refractivity contribution < 1.29 is 9.66 Å². The predicted molar refractivity (Wildman–Crippen MR) is 103 cm³/mol. The molecule has 0 saturated carbocycles. The third kappa shape index (κ3) is 4.82. The van der Waals surface area contributed by atoms with Crippen molar-refractivity contribution in [3.8, 4) is 11.4 Å². The molecule has 2 aromatic carbocycles. The quantitative estimate of drug-likeness (QED) is 0.252. The number of benzene rings is 2. The number of thioether (sulfide) groups is 1. The number of hydrogen-bond acceptors (Lipinski definition) is 7. The molecule has 3 aromatic rings. The zero-order valence-electron chi connectivity index (χ0n) is 15.0. The molecule has 0 fully saturated rings. The number of nitro benzene ring substituents is 1. The highest BCUT2D eigenvalue weighted by molar-refractivity contribution is 7.99. The lowest BCUT2D eigenvalue weighted by molar-refractivity contribution is -0.384. The summed E-state index contributed by atoms with van der Waals surface area (Å²) >= 11 is 1.56. The summed E-state index contributed by atoms with van der Waals surface area (Å²) in [5.41, 5.74) is 3.41. The molecular weight excluding hydrogens is 366 g/mol. The lowest BCUT2D eigenvalue weighted by Crippen LogP contribution is -2.02. The number of hydrogen-bond donors (Lipinski definition) is 0. The largest absolute Gasteiger partial charge is 0.494 e. The molecule has 0 spiro atoms. The van der Waals surface area contributed by atoms with Crippen molar-refractivity contribution in [3.05, 3.63) is 63.7 Å². The van der Waals surface area contributed by atoms with Crippen LogP contribution in [0, 0.1) is 24.0 Å². The molecule has 0 radical (unpaired) electrons. The van der Waals surface area contributed by atoms with Crippen molar-refractivity contribution in [2.75, 3.05) is 12.4 Å². The Labute approximate surface area is 160 Å². The van der Waals surface area contributed by atoms with E-state index in [-0.39, 0.29) is 5.69 Å². The van der Waals surface area contributed by atoms with E-state index in [1.807, 2.05) is 6.07 Å². The van der Waals surface area contributed by atoms with Crippen LogP contribution in [-0.2, 0) is 0 Å². The van der Waals surface area contributed by atoms with Gasteiger partial charge in [-0.1, -0.05) is 17.8 Å². The number of aromatic nitrogens is 4. The molecule has 0 N–H and O–H groups in total. The third-order valence-electron chi connectivity index (χ3n) is 4.01. The molecule has 3 rings (SSSR count). The van der Waals surface area contributed by atoms with Crippen LogP contribution >= 0.6 is 11.8 Å². The first-order valence-electron chi connectivity index (χ1n) is 8.40. The van der Waals surface area contributed by atoms with Crippen molar-refractivity contribution >= 4 is 17.4 Å². The van der Waals surface area contributed by atoms with Gasteiger partial charge >= 0.3 is 0 Å². The molecule has 0 aliphatic heterocycles. The molecule has 0 aliphatic carbocycles. The molecule has 1 aromatic heterocycles. The number of nitrogens with zero attached hydrogens (tertiary/aromatic N) is 5. The molecule has 0 bridgehead atoms. The molecule has 0 saturated heterocycles. The van der Waals surface area contributed by atoms with Crippen molar-refractivity contribution in [1.29, 1.82) is 0 Å². The number of non-ortho nitro benzene ring substituents is 1. The highest BCUT2D eigenvalue weighted by Gasteiger charge is 2.10. The fourth-order valence-corrected chi connectivity index (χ4v) is 3.17. The SMILES string of the molecule is Cc1ccc(-n2nnnc2SCCCOc2ccc([N+](=O)[O-])cc2)cc1C. The van der Waals surface area contributed by atoms with Gasteiger partial charge in [-0.15, -0.1) is 5.10 Å². The van der Waals surface area contributed by atoms with Crippen molar-refractivity contribution in [3.63, 3.8) is 0 Å². The average Bonchev–Trinajstić information content (AvgIpc) is 3.12. The molecule has 8 nitrogen and oxygen atoms in total. The maximum Gasteiger partial charge on any atom is 0.269 e. The van der Waals surface area contributed by atoms with E-state index in [1.165, 1.54) is 23.3 Å². The van der Waals surface area contributed by atoms with Crippen molar-refractivity contribution in [2.24, 2.45) is 0 Å². The summed E-state index contributed by atoms with van der Waals surface area (Å²) < 4.78 is 7.34. The Balaban J connectivity index is 1.49. The smallest absolute Gasteiger partial charge is 0.269 e. The van der Waals surface area contributed by atoms with Crippen LogP contribution in [0.5, 0.6) is 5.75 Å². The monoisotopic (exact) mass is 385 g/mol. The summed E-state index contributed by atoms with van der Waals surface area (Å²) in [7, 11) is 0. The van der Waals surface area contributed by atoms with Crippen LogP contribution < -0.4 is 4.74 Å². The van der Waals surface area contributed by atoms with Gasteiger partial charge < -0.3 is 4.74 Å². The summed E-state index contributed by atoms with van der Waals surface area (Å²) in [4.78, 5) is 10.2. The van der Waals surface area contributed by atoms with Crippen molar-refractivity contribution in [1.82, 2.24) is 20.2 Å². The summed E-state index contributed by atoms with van der Waals surface area (Å²) in [6.07, 6.45) is 0.793. The van der Waals surface area contributed by atoms with Gasteiger partial charge in [0.25, 0.3) is 5.69 Å². The van der Waals surface area contributed by atoms with Crippen LogP contribution in [-0.4, -0.2) is 37.5 Å². The number of ether oxygens (including phenoxy) is 1. The van der Waals surface area contributed by atoms with Crippen LogP contribution in [0.25, 0.3) is 5.69 Å². The third-order valence-corrected chi connectivity index (χ3v) is 5.02. The average molecular weight is 385 g/mol. The van der Waals surface area contributed by atoms with Crippen LogP contribution in [0.4, 0.5) is 5.69 Å². The second-order valence-electron chi connectivity index (χ2n) is 5.94. The molecule has 1 heterocycles. The molecule has 0 unspecified atom stereocenters. The number of nitro groups is 1. The molecule has 27 heavy (non-hydrogen) atoms. The second kappa shape index (κ2) is 8.63. The second-order valence-corrected chi connectivity index (χ2v) is 7.01. The number of tetrazole rings is 1. The van der Waals surface area contributed by atoms with Crippen LogP contribution in [0.1, 0.15) is 17.5 Å². The minimum Gasteiger partial charge on any atom is -0.494 e. The summed E-state index contributed by atoms with van der Waals surface area (Å²) in [6.45, 7) is 4.64. The highest BCUT2D eigenvalue weighted by atomic mass is 32.2. The lowest BCUT2D eigenvalue weighted by atomic mass is 10.1. The molecule has 0 amide bonds. The van der Waals surface area contributed by atoms with Gasteiger partial charge in [0.2, 0.25) is 5.16 Å². The highest BCUT2D eigenvalue weighted by Crippen LogP contribution is 2.21. The first-order valence-corrected chi connectivity index (χ1v) is 9.39. The molecular formula is C18H19N5O3S. The molecule has 9 heteroatoms. The van der Waals surface area contributed by atoms with E-state index in [0.717, 1.165) is 23.0 Å². The van der Waals surface area contributed by atoms with E-state index in [1.54, 1.807) is 28.6 Å². The van der Waals surface area contributed by atoms with Crippen molar-refractivity contribution in [2.45, 2.75) is 25.4 Å². The Morgan fingerprint density at radius 3 is 2.63 bits per heavy atom. The summed E-state index contributed by atoms with van der Waals surface area (Å²) in [5.74, 6) is 1.41.